The Kier molecular flexibility index (Phi) is 5.99. The average Bonchev–Trinajstić information content (AvgIpc) is 3.00. The number of nitriles is 1. The monoisotopic (exact) mass is 360 g/mol. The number of nitrogens with one attached hydrogen (secondary N) is 2. The fourth-order valence-corrected chi connectivity index (χ4v) is 2.88. The van der Waals surface area contributed by atoms with Gasteiger partial charge in [0.05, 0.1) is 35.4 Å². The second-order valence-electron chi connectivity index (χ2n) is 5.06. The Bertz CT molecular complexity index is 857. The van der Waals surface area contributed by atoms with Crippen LogP contribution in [0.5, 0.6) is 0 Å². The van der Waals surface area contributed by atoms with Gasteiger partial charge in [-0.3, -0.25) is 14.4 Å². The van der Waals surface area contributed by atoms with Crippen LogP contribution < -0.4 is 16.4 Å². The van der Waals surface area contributed by atoms with Gasteiger partial charge in [-0.15, -0.1) is 0 Å². The molecule has 0 aliphatic carbocycles. The lowest BCUT2D eigenvalue weighted by molar-refractivity contribution is -0.134. The van der Waals surface area contributed by atoms with Gasteiger partial charge in [-0.1, -0.05) is 17.4 Å². The number of carbonyl (C=O) groups is 3. The highest BCUT2D eigenvalue weighted by molar-refractivity contribution is 7.22. The zero-order valence-electron chi connectivity index (χ0n) is 13.4. The number of nitrogens with two attached hydrogens (primary N) is 1. The first-order chi connectivity index (χ1) is 11.9. The highest BCUT2D eigenvalue weighted by atomic mass is 32.1. The van der Waals surface area contributed by atoms with Gasteiger partial charge in [-0.05, 0) is 12.1 Å². The maximum atomic E-state index is 12.0. The van der Waals surface area contributed by atoms with E-state index in [2.05, 4.69) is 21.7 Å². The van der Waals surface area contributed by atoms with Crippen LogP contribution >= 0.6 is 11.3 Å². The van der Waals surface area contributed by atoms with Crippen molar-refractivity contribution in [1.82, 2.24) is 15.2 Å². The van der Waals surface area contributed by atoms with Crippen LogP contribution in [-0.2, 0) is 14.4 Å². The lowest BCUT2D eigenvalue weighted by Crippen LogP contribution is -2.42. The summed E-state index contributed by atoms with van der Waals surface area (Å²) in [6.07, 6.45) is 0. The minimum atomic E-state index is -0.450. The molecule has 2 rings (SSSR count). The van der Waals surface area contributed by atoms with E-state index in [4.69, 9.17) is 11.0 Å². The van der Waals surface area contributed by atoms with Crippen molar-refractivity contribution in [1.29, 1.82) is 5.26 Å². The van der Waals surface area contributed by atoms with E-state index in [-0.39, 0.29) is 19.6 Å². The van der Waals surface area contributed by atoms with Crippen molar-refractivity contribution in [3.05, 3.63) is 23.8 Å². The number of hydrogen-bond donors (Lipinski definition) is 3. The standard InChI is InChI=1S/C15H16N6O3S/c1-21(13(24)7-18-11(22)6-17)8-12(23)20-15-19-10-4-2-3-9(5-16)14(10)25-15/h2-4H,6-8,17H2,1H3,(H,18,22)(H,19,20,23). The summed E-state index contributed by atoms with van der Waals surface area (Å²) in [7, 11) is 1.45. The van der Waals surface area contributed by atoms with Crippen molar-refractivity contribution in [2.75, 3.05) is 32.0 Å². The topological polar surface area (TPSA) is 141 Å². The summed E-state index contributed by atoms with van der Waals surface area (Å²) in [5.74, 6) is -1.31. The van der Waals surface area contributed by atoms with Crippen molar-refractivity contribution >= 4 is 44.4 Å². The fourth-order valence-electron chi connectivity index (χ4n) is 1.93. The summed E-state index contributed by atoms with van der Waals surface area (Å²) < 4.78 is 0.689. The number of aromatic nitrogens is 1. The molecule has 0 radical (unpaired) electrons. The molecule has 10 heteroatoms. The van der Waals surface area contributed by atoms with Crippen molar-refractivity contribution in [3.8, 4) is 6.07 Å². The number of likely N-dealkylation sites (N-methyl/N-ethyl adjacent to an activating group) is 1. The van der Waals surface area contributed by atoms with Gasteiger partial charge in [0.2, 0.25) is 17.7 Å². The zero-order chi connectivity index (χ0) is 18.4. The largest absolute Gasteiger partial charge is 0.346 e. The predicted octanol–water partition coefficient (Wildman–Crippen LogP) is -0.360. The Balaban J connectivity index is 1.95. The Morgan fingerprint density at radius 2 is 2.12 bits per heavy atom. The van der Waals surface area contributed by atoms with Crippen molar-refractivity contribution in [2.45, 2.75) is 0 Å². The molecule has 0 fully saturated rings. The molecule has 4 N–H and O–H groups in total. The number of thiazole rings is 1. The number of nitrogens with zero attached hydrogens (tertiary/aromatic N) is 3. The first-order valence-electron chi connectivity index (χ1n) is 7.24. The van der Waals surface area contributed by atoms with Crippen LogP contribution in [0.1, 0.15) is 5.56 Å². The summed E-state index contributed by atoms with van der Waals surface area (Å²) in [6, 6.07) is 7.21. The van der Waals surface area contributed by atoms with Gasteiger partial charge in [-0.2, -0.15) is 5.26 Å². The van der Waals surface area contributed by atoms with Crippen LogP contribution in [-0.4, -0.2) is 54.3 Å². The predicted molar refractivity (Wildman–Crippen MR) is 92.7 cm³/mol. The van der Waals surface area contributed by atoms with E-state index >= 15 is 0 Å². The van der Waals surface area contributed by atoms with Gasteiger partial charge in [0.15, 0.2) is 5.13 Å². The van der Waals surface area contributed by atoms with E-state index in [0.29, 0.717) is 20.9 Å². The van der Waals surface area contributed by atoms with Crippen LogP contribution in [0.25, 0.3) is 10.2 Å². The van der Waals surface area contributed by atoms with E-state index in [9.17, 15) is 14.4 Å². The minimum absolute atomic E-state index is 0.196. The second kappa shape index (κ2) is 8.18. The van der Waals surface area contributed by atoms with E-state index in [0.717, 1.165) is 0 Å². The third kappa shape index (κ3) is 4.72. The molecule has 0 atom stereocenters. The summed E-state index contributed by atoms with van der Waals surface area (Å²) in [4.78, 5) is 40.3. The summed E-state index contributed by atoms with van der Waals surface area (Å²) >= 11 is 1.19. The number of benzene rings is 1. The van der Waals surface area contributed by atoms with E-state index < -0.39 is 17.7 Å². The Labute approximate surface area is 147 Å². The molecule has 1 aromatic carbocycles. The van der Waals surface area contributed by atoms with Crippen LogP contribution in [0.15, 0.2) is 18.2 Å². The second-order valence-corrected chi connectivity index (χ2v) is 6.06. The van der Waals surface area contributed by atoms with Crippen molar-refractivity contribution in [2.24, 2.45) is 5.73 Å². The molecule has 25 heavy (non-hydrogen) atoms. The Hall–Kier alpha value is -3.03. The zero-order valence-corrected chi connectivity index (χ0v) is 14.2. The van der Waals surface area contributed by atoms with Gasteiger partial charge in [0.25, 0.3) is 0 Å². The van der Waals surface area contributed by atoms with Crippen LogP contribution in [0.3, 0.4) is 0 Å². The third-order valence-electron chi connectivity index (χ3n) is 3.21. The van der Waals surface area contributed by atoms with Gasteiger partial charge in [0, 0.05) is 7.05 Å². The molecule has 0 aliphatic rings. The van der Waals surface area contributed by atoms with E-state index in [1.165, 1.54) is 23.3 Å². The van der Waals surface area contributed by atoms with Crippen LogP contribution in [0.4, 0.5) is 5.13 Å². The molecular formula is C15H16N6O3S. The molecule has 130 valence electrons. The van der Waals surface area contributed by atoms with Gasteiger partial charge in [-0.25, -0.2) is 4.98 Å². The van der Waals surface area contributed by atoms with Crippen LogP contribution in [0, 0.1) is 11.3 Å². The molecule has 9 nitrogen and oxygen atoms in total. The Morgan fingerprint density at radius 1 is 1.36 bits per heavy atom. The van der Waals surface area contributed by atoms with Crippen LogP contribution in [0.2, 0.25) is 0 Å². The third-order valence-corrected chi connectivity index (χ3v) is 4.23. The van der Waals surface area contributed by atoms with Crippen molar-refractivity contribution < 1.29 is 14.4 Å². The highest BCUT2D eigenvalue weighted by Crippen LogP contribution is 2.28. The molecule has 0 bridgehead atoms. The lowest BCUT2D eigenvalue weighted by Gasteiger charge is -2.16. The summed E-state index contributed by atoms with van der Waals surface area (Å²) in [5.41, 5.74) is 6.23. The quantitative estimate of drug-likeness (QED) is 0.642. The normalized spacial score (nSPS) is 10.1. The molecular weight excluding hydrogens is 344 g/mol. The molecule has 1 aromatic heterocycles. The molecule has 3 amide bonds. The summed E-state index contributed by atoms with van der Waals surface area (Å²) in [5, 5.41) is 14.4. The lowest BCUT2D eigenvalue weighted by atomic mass is 10.2. The fraction of sp³-hybridized carbons (Fsp3) is 0.267. The average molecular weight is 360 g/mol. The maximum Gasteiger partial charge on any atom is 0.245 e. The molecule has 0 saturated heterocycles. The molecule has 0 spiro atoms. The first kappa shape index (κ1) is 18.3. The summed E-state index contributed by atoms with van der Waals surface area (Å²) in [6.45, 7) is -0.634. The molecule has 1 heterocycles. The van der Waals surface area contributed by atoms with Gasteiger partial charge < -0.3 is 21.3 Å². The van der Waals surface area contributed by atoms with Crippen molar-refractivity contribution in [3.63, 3.8) is 0 Å². The smallest absolute Gasteiger partial charge is 0.245 e. The van der Waals surface area contributed by atoms with Gasteiger partial charge >= 0.3 is 0 Å². The minimum Gasteiger partial charge on any atom is -0.346 e. The number of anilines is 1. The number of amides is 3. The maximum absolute atomic E-state index is 12.0. The highest BCUT2D eigenvalue weighted by Gasteiger charge is 2.15. The van der Waals surface area contributed by atoms with E-state index in [1.54, 1.807) is 18.2 Å². The molecule has 2 aromatic rings. The number of carbonyl (C=O) groups excluding carboxylic acids is 3. The first-order valence-corrected chi connectivity index (χ1v) is 8.06. The SMILES string of the molecule is CN(CC(=O)Nc1nc2cccc(C#N)c2s1)C(=O)CNC(=O)CN. The number of fused-ring (bicyclic) bond motifs is 1. The molecule has 0 unspecified atom stereocenters. The molecule has 0 aliphatic heterocycles. The van der Waals surface area contributed by atoms with E-state index in [1.807, 2.05) is 0 Å². The Morgan fingerprint density at radius 3 is 2.80 bits per heavy atom. The number of hydrogen-bond acceptors (Lipinski definition) is 7. The number of rotatable bonds is 6. The van der Waals surface area contributed by atoms with Gasteiger partial charge in [0.1, 0.15) is 6.07 Å². The molecule has 0 saturated carbocycles.